The fourth-order valence-corrected chi connectivity index (χ4v) is 1.45. The van der Waals surface area contributed by atoms with Crippen LogP contribution in [0.1, 0.15) is 24.9 Å². The van der Waals surface area contributed by atoms with Gasteiger partial charge in [-0.15, -0.1) is 0 Å². The van der Waals surface area contributed by atoms with Crippen molar-refractivity contribution in [1.82, 2.24) is 0 Å². The number of rotatable bonds is 5. The lowest BCUT2D eigenvalue weighted by Crippen LogP contribution is -2.17. The first-order valence-electron chi connectivity index (χ1n) is 5.23. The molecule has 0 spiro atoms. The molecule has 1 aromatic rings. The molecule has 0 aromatic heterocycles. The Balaban J connectivity index is 2.81. The van der Waals surface area contributed by atoms with Crippen LogP contribution in [0, 0.1) is 0 Å². The Morgan fingerprint density at radius 3 is 2.75 bits per heavy atom. The van der Waals surface area contributed by atoms with Crippen molar-refractivity contribution >= 4 is 5.97 Å². The van der Waals surface area contributed by atoms with Crippen LogP contribution < -0.4 is 10.5 Å². The van der Waals surface area contributed by atoms with Crippen LogP contribution >= 0.6 is 0 Å². The number of benzene rings is 1. The van der Waals surface area contributed by atoms with E-state index >= 15 is 0 Å². The van der Waals surface area contributed by atoms with Crippen molar-refractivity contribution in [3.8, 4) is 5.75 Å². The summed E-state index contributed by atoms with van der Waals surface area (Å²) >= 11 is 0. The summed E-state index contributed by atoms with van der Waals surface area (Å²) in [4.78, 5) is 11.1. The van der Waals surface area contributed by atoms with Crippen molar-refractivity contribution in [2.45, 2.75) is 19.4 Å². The largest absolute Gasteiger partial charge is 0.494 e. The Bertz CT molecular complexity index is 352. The average molecular weight is 223 g/mol. The maximum Gasteiger partial charge on any atom is 0.307 e. The van der Waals surface area contributed by atoms with Crippen molar-refractivity contribution in [1.29, 1.82) is 0 Å². The molecule has 0 radical (unpaired) electrons. The lowest BCUT2D eigenvalue weighted by Gasteiger charge is -2.15. The molecule has 0 saturated heterocycles. The molecule has 0 bridgehead atoms. The highest BCUT2D eigenvalue weighted by atomic mass is 16.5. The summed E-state index contributed by atoms with van der Waals surface area (Å²) in [6.45, 7) is 2.48. The molecular weight excluding hydrogens is 206 g/mol. The van der Waals surface area contributed by atoms with Gasteiger partial charge in [0, 0.05) is 11.6 Å². The van der Waals surface area contributed by atoms with Crippen molar-refractivity contribution in [2.24, 2.45) is 5.73 Å². The minimum absolute atomic E-state index is 0.153. The van der Waals surface area contributed by atoms with E-state index in [1.54, 1.807) is 0 Å². The molecule has 0 saturated carbocycles. The van der Waals surface area contributed by atoms with E-state index in [1.807, 2.05) is 31.2 Å². The van der Waals surface area contributed by atoms with Crippen LogP contribution in [0.3, 0.4) is 0 Å². The Hall–Kier alpha value is -1.55. The Labute approximate surface area is 95.3 Å². The van der Waals surface area contributed by atoms with Crippen LogP contribution in [0.4, 0.5) is 0 Å². The molecule has 0 aliphatic carbocycles. The second kappa shape index (κ2) is 6.12. The molecular formula is C12H17NO3. The number of hydrogen-bond acceptors (Lipinski definition) is 4. The van der Waals surface area contributed by atoms with E-state index in [4.69, 9.17) is 10.5 Å². The predicted molar refractivity (Wildman–Crippen MR) is 61.2 cm³/mol. The summed E-state index contributed by atoms with van der Waals surface area (Å²) in [6, 6.07) is 7.05. The number of ether oxygens (including phenoxy) is 2. The summed E-state index contributed by atoms with van der Waals surface area (Å²) in [6.07, 6.45) is 0.153. The molecule has 0 aliphatic rings. The highest BCUT2D eigenvalue weighted by Gasteiger charge is 2.15. The molecule has 0 aliphatic heterocycles. The first-order chi connectivity index (χ1) is 7.69. The van der Waals surface area contributed by atoms with Gasteiger partial charge in [-0.3, -0.25) is 4.79 Å². The standard InChI is InChI=1S/C12H17NO3/c1-3-16-11-7-5-4-6-9(11)10(13)8-12(14)15-2/h4-7,10H,3,8,13H2,1-2H3. The number of para-hydroxylation sites is 1. The minimum atomic E-state index is -0.393. The van der Waals surface area contributed by atoms with Gasteiger partial charge in [-0.1, -0.05) is 18.2 Å². The monoisotopic (exact) mass is 223 g/mol. The van der Waals surface area contributed by atoms with Gasteiger partial charge in [-0.05, 0) is 13.0 Å². The highest BCUT2D eigenvalue weighted by Crippen LogP contribution is 2.25. The van der Waals surface area contributed by atoms with Crippen molar-refractivity contribution in [2.75, 3.05) is 13.7 Å². The van der Waals surface area contributed by atoms with E-state index in [1.165, 1.54) is 7.11 Å². The molecule has 0 amide bonds. The van der Waals surface area contributed by atoms with Gasteiger partial charge in [0.25, 0.3) is 0 Å². The van der Waals surface area contributed by atoms with Crippen LogP contribution in [0.15, 0.2) is 24.3 Å². The molecule has 0 heterocycles. The zero-order chi connectivity index (χ0) is 12.0. The number of methoxy groups -OCH3 is 1. The molecule has 1 aromatic carbocycles. The molecule has 4 heteroatoms. The Morgan fingerprint density at radius 1 is 1.44 bits per heavy atom. The quantitative estimate of drug-likeness (QED) is 0.771. The normalized spacial score (nSPS) is 11.9. The summed E-state index contributed by atoms with van der Waals surface area (Å²) in [5, 5.41) is 0. The van der Waals surface area contributed by atoms with Gasteiger partial charge in [0.2, 0.25) is 0 Å². The number of hydrogen-bond donors (Lipinski definition) is 1. The molecule has 88 valence electrons. The van der Waals surface area contributed by atoms with E-state index in [0.717, 1.165) is 11.3 Å². The van der Waals surface area contributed by atoms with Crippen LogP contribution in [-0.2, 0) is 9.53 Å². The zero-order valence-electron chi connectivity index (χ0n) is 9.60. The molecule has 1 unspecified atom stereocenters. The second-order valence-electron chi connectivity index (χ2n) is 3.36. The second-order valence-corrected chi connectivity index (χ2v) is 3.36. The van der Waals surface area contributed by atoms with Gasteiger partial charge in [0.1, 0.15) is 5.75 Å². The zero-order valence-corrected chi connectivity index (χ0v) is 9.60. The van der Waals surface area contributed by atoms with E-state index in [9.17, 15) is 4.79 Å². The fourth-order valence-electron chi connectivity index (χ4n) is 1.45. The first kappa shape index (κ1) is 12.5. The van der Waals surface area contributed by atoms with Crippen molar-refractivity contribution in [3.63, 3.8) is 0 Å². The molecule has 4 nitrogen and oxygen atoms in total. The molecule has 2 N–H and O–H groups in total. The van der Waals surface area contributed by atoms with Crippen LogP contribution in [0.5, 0.6) is 5.75 Å². The van der Waals surface area contributed by atoms with Gasteiger partial charge in [0.05, 0.1) is 20.1 Å². The third kappa shape index (κ3) is 3.24. The van der Waals surface area contributed by atoms with Crippen LogP contribution in [0.25, 0.3) is 0 Å². The third-order valence-corrected chi connectivity index (χ3v) is 2.23. The minimum Gasteiger partial charge on any atom is -0.494 e. The van der Waals surface area contributed by atoms with E-state index in [2.05, 4.69) is 4.74 Å². The first-order valence-corrected chi connectivity index (χ1v) is 5.23. The number of carbonyl (C=O) groups is 1. The van der Waals surface area contributed by atoms with Gasteiger partial charge in [-0.25, -0.2) is 0 Å². The van der Waals surface area contributed by atoms with Crippen molar-refractivity contribution < 1.29 is 14.3 Å². The molecule has 0 fully saturated rings. The van der Waals surface area contributed by atoms with Crippen molar-refractivity contribution in [3.05, 3.63) is 29.8 Å². The van der Waals surface area contributed by atoms with Gasteiger partial charge in [0.15, 0.2) is 0 Å². The highest BCUT2D eigenvalue weighted by molar-refractivity contribution is 5.70. The third-order valence-electron chi connectivity index (χ3n) is 2.23. The fraction of sp³-hybridized carbons (Fsp3) is 0.417. The lowest BCUT2D eigenvalue weighted by atomic mass is 10.0. The Morgan fingerprint density at radius 2 is 2.12 bits per heavy atom. The van der Waals surface area contributed by atoms with E-state index in [0.29, 0.717) is 6.61 Å². The molecule has 1 atom stereocenters. The van der Waals surface area contributed by atoms with E-state index in [-0.39, 0.29) is 12.4 Å². The van der Waals surface area contributed by atoms with E-state index < -0.39 is 6.04 Å². The summed E-state index contributed by atoms with van der Waals surface area (Å²) in [5.74, 6) is 0.403. The maximum atomic E-state index is 11.1. The lowest BCUT2D eigenvalue weighted by molar-refractivity contribution is -0.141. The number of carbonyl (C=O) groups excluding carboxylic acids is 1. The van der Waals surface area contributed by atoms with Crippen LogP contribution in [-0.4, -0.2) is 19.7 Å². The summed E-state index contributed by atoms with van der Waals surface area (Å²) in [7, 11) is 1.35. The summed E-state index contributed by atoms with van der Waals surface area (Å²) in [5.41, 5.74) is 6.75. The predicted octanol–water partition coefficient (Wildman–Crippen LogP) is 1.65. The number of nitrogens with two attached hydrogens (primary N) is 1. The average Bonchev–Trinajstić information content (AvgIpc) is 2.30. The SMILES string of the molecule is CCOc1ccccc1C(N)CC(=O)OC. The maximum absolute atomic E-state index is 11.1. The molecule has 1 rings (SSSR count). The van der Waals surface area contributed by atoms with Crippen LogP contribution in [0.2, 0.25) is 0 Å². The number of esters is 1. The van der Waals surface area contributed by atoms with Gasteiger partial charge >= 0.3 is 5.97 Å². The summed E-state index contributed by atoms with van der Waals surface area (Å²) < 4.78 is 10.0. The smallest absolute Gasteiger partial charge is 0.307 e. The topological polar surface area (TPSA) is 61.5 Å². The van der Waals surface area contributed by atoms with Gasteiger partial charge < -0.3 is 15.2 Å². The molecule has 16 heavy (non-hydrogen) atoms. The van der Waals surface area contributed by atoms with Gasteiger partial charge in [-0.2, -0.15) is 0 Å². The Kier molecular flexibility index (Phi) is 4.79.